The maximum atomic E-state index is 6.20. The average molecular weight is 291 g/mol. The van der Waals surface area contributed by atoms with Crippen molar-refractivity contribution in [3.8, 4) is 0 Å². The summed E-state index contributed by atoms with van der Waals surface area (Å²) in [5, 5.41) is 0.785. The van der Waals surface area contributed by atoms with E-state index in [1.165, 1.54) is 17.5 Å². The highest BCUT2D eigenvalue weighted by molar-refractivity contribution is 6.30. The van der Waals surface area contributed by atoms with Gasteiger partial charge in [0.2, 0.25) is 0 Å². The molecular weight excluding hydrogens is 275 g/mol. The van der Waals surface area contributed by atoms with Crippen LogP contribution in [-0.4, -0.2) is 5.88 Å². The van der Waals surface area contributed by atoms with Crippen LogP contribution in [-0.2, 0) is 0 Å². The van der Waals surface area contributed by atoms with E-state index < -0.39 is 0 Å². The molecule has 0 spiro atoms. The highest BCUT2D eigenvalue weighted by Crippen LogP contribution is 2.55. The number of alkyl halides is 1. The second kappa shape index (κ2) is 5.56. The van der Waals surface area contributed by atoms with Gasteiger partial charge in [-0.1, -0.05) is 54.1 Å². The molecule has 0 nitrogen and oxygen atoms in total. The van der Waals surface area contributed by atoms with E-state index in [1.54, 1.807) is 0 Å². The maximum absolute atomic E-state index is 6.20. The third-order valence-electron chi connectivity index (χ3n) is 4.05. The van der Waals surface area contributed by atoms with Crippen LogP contribution >= 0.6 is 23.2 Å². The Morgan fingerprint density at radius 1 is 1.00 bits per heavy atom. The number of hydrogen-bond donors (Lipinski definition) is 0. The van der Waals surface area contributed by atoms with Crippen molar-refractivity contribution >= 4 is 23.2 Å². The number of hydrogen-bond acceptors (Lipinski definition) is 0. The predicted octanol–water partition coefficient (Wildman–Crippen LogP) is 5.47. The van der Waals surface area contributed by atoms with Crippen molar-refractivity contribution in [3.05, 3.63) is 70.7 Å². The average Bonchev–Trinajstić information content (AvgIpc) is 3.23. The molecule has 0 aliphatic heterocycles. The Balaban J connectivity index is 1.77. The molecule has 2 heteroatoms. The molecule has 0 aromatic heterocycles. The first-order chi connectivity index (χ1) is 9.29. The Hall–Kier alpha value is -0.980. The molecule has 98 valence electrons. The van der Waals surface area contributed by atoms with Gasteiger partial charge in [-0.15, -0.1) is 11.6 Å². The monoisotopic (exact) mass is 290 g/mol. The molecule has 1 saturated carbocycles. The van der Waals surface area contributed by atoms with E-state index in [-0.39, 0.29) is 0 Å². The second-order valence-electron chi connectivity index (χ2n) is 5.23. The van der Waals surface area contributed by atoms with Gasteiger partial charge in [-0.2, -0.15) is 0 Å². The van der Waals surface area contributed by atoms with Crippen molar-refractivity contribution in [2.45, 2.75) is 18.3 Å². The van der Waals surface area contributed by atoms with Crippen LogP contribution in [0.4, 0.5) is 0 Å². The standard InChI is InChI=1S/C17H16Cl2/c18-11-17(13-6-8-14(19)9-7-13)16-10-15(16)12-4-2-1-3-5-12/h1-9,15-17H,10-11H2. The molecule has 1 aliphatic carbocycles. The summed E-state index contributed by atoms with van der Waals surface area (Å²) in [4.78, 5) is 0. The van der Waals surface area contributed by atoms with Crippen LogP contribution < -0.4 is 0 Å². The molecule has 2 aromatic rings. The van der Waals surface area contributed by atoms with Gasteiger partial charge >= 0.3 is 0 Å². The molecule has 1 aliphatic rings. The van der Waals surface area contributed by atoms with Gasteiger partial charge in [0.1, 0.15) is 0 Å². The van der Waals surface area contributed by atoms with Crippen molar-refractivity contribution in [3.63, 3.8) is 0 Å². The van der Waals surface area contributed by atoms with E-state index in [2.05, 4.69) is 42.5 Å². The topological polar surface area (TPSA) is 0 Å². The molecular formula is C17H16Cl2. The molecule has 0 saturated heterocycles. The van der Waals surface area contributed by atoms with Crippen molar-refractivity contribution in [2.75, 3.05) is 5.88 Å². The van der Waals surface area contributed by atoms with Gasteiger partial charge in [0.25, 0.3) is 0 Å². The van der Waals surface area contributed by atoms with Crippen LogP contribution in [0.1, 0.15) is 29.4 Å². The molecule has 3 unspecified atom stereocenters. The molecule has 3 atom stereocenters. The quantitative estimate of drug-likeness (QED) is 0.656. The van der Waals surface area contributed by atoms with Crippen LogP contribution in [0, 0.1) is 5.92 Å². The minimum absolute atomic E-state index is 0.434. The molecule has 2 aromatic carbocycles. The van der Waals surface area contributed by atoms with E-state index in [9.17, 15) is 0 Å². The largest absolute Gasteiger partial charge is 0.126 e. The van der Waals surface area contributed by atoms with E-state index >= 15 is 0 Å². The Kier molecular flexibility index (Phi) is 3.81. The second-order valence-corrected chi connectivity index (χ2v) is 5.97. The lowest BCUT2D eigenvalue weighted by atomic mass is 9.93. The summed E-state index contributed by atoms with van der Waals surface area (Å²) < 4.78 is 0. The lowest BCUT2D eigenvalue weighted by Gasteiger charge is -2.14. The van der Waals surface area contributed by atoms with Crippen molar-refractivity contribution in [1.29, 1.82) is 0 Å². The Labute approximate surface area is 124 Å². The minimum Gasteiger partial charge on any atom is -0.126 e. The van der Waals surface area contributed by atoms with E-state index in [4.69, 9.17) is 23.2 Å². The fourth-order valence-electron chi connectivity index (χ4n) is 2.90. The van der Waals surface area contributed by atoms with Gasteiger partial charge in [-0.3, -0.25) is 0 Å². The first-order valence-electron chi connectivity index (χ1n) is 6.66. The van der Waals surface area contributed by atoms with Gasteiger partial charge in [0.15, 0.2) is 0 Å². The summed E-state index contributed by atoms with van der Waals surface area (Å²) in [5.74, 6) is 2.45. The van der Waals surface area contributed by atoms with Gasteiger partial charge in [0.05, 0.1) is 0 Å². The summed E-state index contributed by atoms with van der Waals surface area (Å²) in [6, 6.07) is 18.9. The van der Waals surface area contributed by atoms with E-state index in [0.717, 1.165) is 5.02 Å². The van der Waals surface area contributed by atoms with E-state index in [0.29, 0.717) is 23.6 Å². The fourth-order valence-corrected chi connectivity index (χ4v) is 3.44. The first-order valence-corrected chi connectivity index (χ1v) is 7.57. The van der Waals surface area contributed by atoms with Crippen LogP contribution in [0.5, 0.6) is 0 Å². The molecule has 0 radical (unpaired) electrons. The Bertz CT molecular complexity index is 533. The third kappa shape index (κ3) is 2.80. The van der Waals surface area contributed by atoms with Crippen molar-refractivity contribution in [1.82, 2.24) is 0 Å². The SMILES string of the molecule is ClCC(c1ccc(Cl)cc1)C1CC1c1ccccc1. The first kappa shape index (κ1) is 13.0. The normalized spacial score (nSPS) is 23.1. The maximum Gasteiger partial charge on any atom is 0.0406 e. The number of halogens is 2. The van der Waals surface area contributed by atoms with E-state index in [1.807, 2.05) is 12.1 Å². The van der Waals surface area contributed by atoms with Gasteiger partial charge < -0.3 is 0 Å². The zero-order valence-corrected chi connectivity index (χ0v) is 12.1. The molecule has 0 N–H and O–H groups in total. The third-order valence-corrected chi connectivity index (χ3v) is 4.63. The summed E-state index contributed by atoms with van der Waals surface area (Å²) >= 11 is 12.1. The number of benzene rings is 2. The van der Waals surface area contributed by atoms with Gasteiger partial charge in [-0.05, 0) is 41.5 Å². The van der Waals surface area contributed by atoms with Crippen LogP contribution in [0.2, 0.25) is 5.02 Å². The molecule has 3 rings (SSSR count). The summed E-state index contributed by atoms with van der Waals surface area (Å²) in [5.41, 5.74) is 2.75. The molecule has 0 amide bonds. The summed E-state index contributed by atoms with van der Waals surface area (Å²) in [6.45, 7) is 0. The molecule has 0 heterocycles. The lowest BCUT2D eigenvalue weighted by Crippen LogP contribution is -2.04. The zero-order valence-electron chi connectivity index (χ0n) is 10.6. The van der Waals surface area contributed by atoms with Crippen molar-refractivity contribution < 1.29 is 0 Å². The van der Waals surface area contributed by atoms with Crippen LogP contribution in [0.25, 0.3) is 0 Å². The fraction of sp³-hybridized carbons (Fsp3) is 0.294. The smallest absolute Gasteiger partial charge is 0.0406 e. The van der Waals surface area contributed by atoms with Crippen LogP contribution in [0.15, 0.2) is 54.6 Å². The Morgan fingerprint density at radius 3 is 2.32 bits per heavy atom. The van der Waals surface area contributed by atoms with Gasteiger partial charge in [-0.25, -0.2) is 0 Å². The Morgan fingerprint density at radius 2 is 1.68 bits per heavy atom. The summed E-state index contributed by atoms with van der Waals surface area (Å²) in [6.07, 6.45) is 1.24. The lowest BCUT2D eigenvalue weighted by molar-refractivity contribution is 0.650. The van der Waals surface area contributed by atoms with Gasteiger partial charge in [0, 0.05) is 16.8 Å². The zero-order chi connectivity index (χ0) is 13.2. The molecule has 0 bridgehead atoms. The highest BCUT2D eigenvalue weighted by atomic mass is 35.5. The predicted molar refractivity (Wildman–Crippen MR) is 82.2 cm³/mol. The molecule has 1 fully saturated rings. The molecule has 19 heavy (non-hydrogen) atoms. The highest BCUT2D eigenvalue weighted by Gasteiger charge is 2.43. The summed E-state index contributed by atoms with van der Waals surface area (Å²) in [7, 11) is 0. The van der Waals surface area contributed by atoms with Crippen molar-refractivity contribution in [2.24, 2.45) is 5.92 Å². The minimum atomic E-state index is 0.434. The van der Waals surface area contributed by atoms with Crippen LogP contribution in [0.3, 0.4) is 0 Å². The number of rotatable bonds is 4.